The molecule has 1 aromatic heterocycles. The second kappa shape index (κ2) is 9.27. The van der Waals surface area contributed by atoms with Gasteiger partial charge in [-0.2, -0.15) is 0 Å². The molecule has 0 saturated heterocycles. The summed E-state index contributed by atoms with van der Waals surface area (Å²) in [5.74, 6) is -1.60. The fourth-order valence-corrected chi connectivity index (χ4v) is 2.89. The Morgan fingerprint density at radius 2 is 1.70 bits per heavy atom. The predicted molar refractivity (Wildman–Crippen MR) is 105 cm³/mol. The van der Waals surface area contributed by atoms with E-state index < -0.39 is 18.5 Å². The number of nitrogens with one attached hydrogen (secondary N) is 2. The molecular weight excluding hydrogens is 414 g/mol. The van der Waals surface area contributed by atoms with Gasteiger partial charge in [-0.25, -0.2) is 4.79 Å². The molecule has 2 rings (SSSR count). The second-order valence-electron chi connectivity index (χ2n) is 6.07. The molecule has 2 N–H and O–H groups in total. The molecule has 0 aliphatic rings. The van der Waals surface area contributed by atoms with Crippen molar-refractivity contribution in [2.75, 3.05) is 18.5 Å². The van der Waals surface area contributed by atoms with E-state index in [9.17, 15) is 14.4 Å². The molecule has 0 atom stereocenters. The van der Waals surface area contributed by atoms with Crippen molar-refractivity contribution in [3.05, 3.63) is 57.3 Å². The zero-order valence-electron chi connectivity index (χ0n) is 15.3. The Balaban J connectivity index is 1.80. The second-order valence-corrected chi connectivity index (χ2v) is 6.98. The summed E-state index contributed by atoms with van der Waals surface area (Å²) >= 11 is 3.20. The molecule has 7 nitrogen and oxygen atoms in total. The number of rotatable bonds is 6. The largest absolute Gasteiger partial charge is 0.452 e. The van der Waals surface area contributed by atoms with E-state index in [0.717, 1.165) is 22.4 Å². The number of hydrogen-bond donors (Lipinski definition) is 2. The Morgan fingerprint density at radius 1 is 1.04 bits per heavy atom. The van der Waals surface area contributed by atoms with E-state index >= 15 is 0 Å². The number of nitrogens with zero attached hydrogens (tertiary/aromatic N) is 1. The topological polar surface area (TPSA) is 97.4 Å². The van der Waals surface area contributed by atoms with Gasteiger partial charge in [-0.15, -0.1) is 0 Å². The minimum Gasteiger partial charge on any atom is -0.452 e. The van der Waals surface area contributed by atoms with Gasteiger partial charge in [0.05, 0.1) is 12.1 Å². The van der Waals surface area contributed by atoms with Crippen molar-refractivity contribution in [1.82, 2.24) is 10.3 Å². The number of benzene rings is 1. The summed E-state index contributed by atoms with van der Waals surface area (Å²) < 4.78 is 5.53. The number of ether oxygens (including phenoxy) is 1. The lowest BCUT2D eigenvalue weighted by Crippen LogP contribution is -2.35. The molecule has 0 bridgehead atoms. The van der Waals surface area contributed by atoms with Crippen LogP contribution in [0.4, 0.5) is 5.69 Å². The van der Waals surface area contributed by atoms with E-state index in [-0.39, 0.29) is 18.0 Å². The minimum atomic E-state index is -0.672. The zero-order chi connectivity index (χ0) is 20.0. The number of halogens is 1. The molecule has 1 aromatic carbocycles. The molecule has 0 fully saturated rings. The molecule has 142 valence electrons. The SMILES string of the molecule is Cc1cc(C)c(NC(=O)CNC(=O)COC(=O)c2cncc(Br)c2)c(C)c1. The summed E-state index contributed by atoms with van der Waals surface area (Å²) in [5.41, 5.74) is 3.96. The quantitative estimate of drug-likeness (QED) is 0.682. The van der Waals surface area contributed by atoms with Crippen LogP contribution in [0, 0.1) is 20.8 Å². The van der Waals surface area contributed by atoms with Crippen molar-refractivity contribution in [3.63, 3.8) is 0 Å². The first-order chi connectivity index (χ1) is 12.8. The van der Waals surface area contributed by atoms with Gasteiger partial charge in [0, 0.05) is 22.6 Å². The molecule has 27 heavy (non-hydrogen) atoms. The fraction of sp³-hybridized carbons (Fsp3) is 0.263. The van der Waals surface area contributed by atoms with Crippen molar-refractivity contribution in [2.24, 2.45) is 0 Å². The lowest BCUT2D eigenvalue weighted by molar-refractivity contribution is -0.126. The maximum atomic E-state index is 12.1. The molecular formula is C19H20BrN3O4. The molecule has 0 aliphatic carbocycles. The summed E-state index contributed by atoms with van der Waals surface area (Å²) in [5, 5.41) is 5.20. The van der Waals surface area contributed by atoms with E-state index in [4.69, 9.17) is 4.74 Å². The number of anilines is 1. The Labute approximate surface area is 165 Å². The van der Waals surface area contributed by atoms with Gasteiger partial charge in [-0.1, -0.05) is 17.7 Å². The number of carbonyl (C=O) groups excluding carboxylic acids is 3. The monoisotopic (exact) mass is 433 g/mol. The van der Waals surface area contributed by atoms with E-state index in [1.807, 2.05) is 32.9 Å². The van der Waals surface area contributed by atoms with Crippen LogP contribution in [0.25, 0.3) is 0 Å². The zero-order valence-corrected chi connectivity index (χ0v) is 16.8. The Bertz CT molecular complexity index is 860. The van der Waals surface area contributed by atoms with Crippen molar-refractivity contribution in [1.29, 1.82) is 0 Å². The number of hydrogen-bond acceptors (Lipinski definition) is 5. The van der Waals surface area contributed by atoms with Gasteiger partial charge in [0.15, 0.2) is 6.61 Å². The highest BCUT2D eigenvalue weighted by atomic mass is 79.9. The van der Waals surface area contributed by atoms with Gasteiger partial charge < -0.3 is 15.4 Å². The van der Waals surface area contributed by atoms with Crippen LogP contribution in [0.1, 0.15) is 27.0 Å². The number of aryl methyl sites for hydroxylation is 3. The number of aromatic nitrogens is 1. The van der Waals surface area contributed by atoms with Crippen molar-refractivity contribution < 1.29 is 19.1 Å². The summed E-state index contributed by atoms with van der Waals surface area (Å²) in [6.45, 7) is 5.09. The third kappa shape index (κ3) is 6.18. The van der Waals surface area contributed by atoms with Gasteiger partial charge in [0.1, 0.15) is 0 Å². The molecule has 8 heteroatoms. The van der Waals surface area contributed by atoms with Gasteiger partial charge in [-0.05, 0) is 53.9 Å². The molecule has 0 unspecified atom stereocenters. The highest BCUT2D eigenvalue weighted by molar-refractivity contribution is 9.10. The Morgan fingerprint density at radius 3 is 2.33 bits per heavy atom. The minimum absolute atomic E-state index is 0.221. The van der Waals surface area contributed by atoms with Gasteiger partial charge in [0.2, 0.25) is 5.91 Å². The average molecular weight is 434 g/mol. The predicted octanol–water partition coefficient (Wildman–Crippen LogP) is 2.68. The van der Waals surface area contributed by atoms with Crippen LogP contribution in [-0.4, -0.2) is 35.9 Å². The van der Waals surface area contributed by atoms with Gasteiger partial charge in [-0.3, -0.25) is 14.6 Å². The van der Waals surface area contributed by atoms with Crippen LogP contribution in [0.15, 0.2) is 35.1 Å². The van der Waals surface area contributed by atoms with E-state index in [0.29, 0.717) is 4.47 Å². The number of amides is 2. The van der Waals surface area contributed by atoms with Crippen LogP contribution in [0.2, 0.25) is 0 Å². The standard InChI is InChI=1S/C19H20BrN3O4/c1-11-4-12(2)18(13(3)5-11)23-16(24)9-22-17(25)10-27-19(26)14-6-15(20)8-21-7-14/h4-8H,9-10H2,1-3H3,(H,22,25)(H,23,24). The Hall–Kier alpha value is -2.74. The molecule has 2 aromatic rings. The van der Waals surface area contributed by atoms with Crippen molar-refractivity contribution in [2.45, 2.75) is 20.8 Å². The number of carbonyl (C=O) groups is 3. The lowest BCUT2D eigenvalue weighted by Gasteiger charge is -2.13. The van der Waals surface area contributed by atoms with Crippen LogP contribution in [0.5, 0.6) is 0 Å². The normalized spacial score (nSPS) is 10.2. The van der Waals surface area contributed by atoms with Crippen molar-refractivity contribution in [3.8, 4) is 0 Å². The first-order valence-electron chi connectivity index (χ1n) is 8.18. The lowest BCUT2D eigenvalue weighted by atomic mass is 10.1. The smallest absolute Gasteiger partial charge is 0.340 e. The van der Waals surface area contributed by atoms with Crippen LogP contribution in [-0.2, 0) is 14.3 Å². The first kappa shape index (κ1) is 20.6. The third-order valence-corrected chi connectivity index (χ3v) is 4.10. The van der Waals surface area contributed by atoms with E-state index in [1.54, 1.807) is 0 Å². The molecule has 0 saturated carbocycles. The summed E-state index contributed by atoms with van der Waals surface area (Å²) in [4.78, 5) is 39.5. The van der Waals surface area contributed by atoms with Crippen LogP contribution in [0.3, 0.4) is 0 Å². The highest BCUT2D eigenvalue weighted by Gasteiger charge is 2.13. The van der Waals surface area contributed by atoms with E-state index in [1.165, 1.54) is 18.5 Å². The number of esters is 1. The molecule has 1 heterocycles. The van der Waals surface area contributed by atoms with Crippen LogP contribution < -0.4 is 10.6 Å². The Kier molecular flexibility index (Phi) is 7.06. The summed E-state index contributed by atoms with van der Waals surface area (Å²) in [6.07, 6.45) is 2.87. The molecule has 0 aliphatic heterocycles. The third-order valence-electron chi connectivity index (χ3n) is 3.66. The summed E-state index contributed by atoms with van der Waals surface area (Å²) in [6, 6.07) is 5.47. The summed E-state index contributed by atoms with van der Waals surface area (Å²) in [7, 11) is 0. The maximum Gasteiger partial charge on any atom is 0.340 e. The van der Waals surface area contributed by atoms with E-state index in [2.05, 4.69) is 31.5 Å². The molecule has 0 radical (unpaired) electrons. The molecule has 2 amide bonds. The fourth-order valence-electron chi connectivity index (χ4n) is 2.53. The maximum absolute atomic E-state index is 12.1. The molecule has 0 spiro atoms. The van der Waals surface area contributed by atoms with Crippen molar-refractivity contribution >= 4 is 39.4 Å². The average Bonchev–Trinajstić information content (AvgIpc) is 2.60. The first-order valence-corrected chi connectivity index (χ1v) is 8.97. The van der Waals surface area contributed by atoms with Crippen LogP contribution >= 0.6 is 15.9 Å². The highest BCUT2D eigenvalue weighted by Crippen LogP contribution is 2.21. The number of pyridine rings is 1. The van der Waals surface area contributed by atoms with Gasteiger partial charge in [0.25, 0.3) is 5.91 Å². The van der Waals surface area contributed by atoms with Gasteiger partial charge >= 0.3 is 5.97 Å².